The molecule has 1 heterocycles. The highest BCUT2D eigenvalue weighted by Crippen LogP contribution is 2.40. The maximum Gasteiger partial charge on any atom is 0.175 e. The molecule has 0 fully saturated rings. The SMILES string of the molecule is CC(C)=CC(O)c1cc(Br)c2c(c1)OCCO2. The van der Waals surface area contributed by atoms with Gasteiger partial charge >= 0.3 is 0 Å². The standard InChI is InChI=1S/C13H15BrO3/c1-8(2)5-11(15)9-6-10(14)13-12(7-9)16-3-4-17-13/h5-7,11,15H,3-4H2,1-2H3. The maximum absolute atomic E-state index is 10.0. The van der Waals surface area contributed by atoms with Crippen molar-refractivity contribution in [3.8, 4) is 11.5 Å². The van der Waals surface area contributed by atoms with Gasteiger partial charge in [-0.25, -0.2) is 0 Å². The van der Waals surface area contributed by atoms with Crippen LogP contribution in [-0.2, 0) is 0 Å². The minimum atomic E-state index is -0.618. The first-order valence-electron chi connectivity index (χ1n) is 5.50. The second-order valence-corrected chi connectivity index (χ2v) is 5.07. The molecule has 0 bridgehead atoms. The van der Waals surface area contributed by atoms with Crippen LogP contribution in [0.3, 0.4) is 0 Å². The van der Waals surface area contributed by atoms with Crippen molar-refractivity contribution in [2.45, 2.75) is 20.0 Å². The van der Waals surface area contributed by atoms with E-state index in [0.717, 1.165) is 15.6 Å². The largest absolute Gasteiger partial charge is 0.486 e. The van der Waals surface area contributed by atoms with Crippen LogP contribution in [0, 0.1) is 0 Å². The van der Waals surface area contributed by atoms with E-state index in [0.29, 0.717) is 24.7 Å². The maximum atomic E-state index is 10.0. The van der Waals surface area contributed by atoms with Crippen LogP contribution in [0.1, 0.15) is 25.5 Å². The Labute approximate surface area is 109 Å². The molecule has 0 aliphatic carbocycles. The fourth-order valence-corrected chi connectivity index (χ4v) is 2.29. The molecule has 1 atom stereocenters. The Morgan fingerprint density at radius 2 is 2.06 bits per heavy atom. The van der Waals surface area contributed by atoms with Gasteiger partial charge in [-0.2, -0.15) is 0 Å². The number of benzene rings is 1. The zero-order chi connectivity index (χ0) is 12.4. The third-order valence-corrected chi connectivity index (χ3v) is 3.04. The molecule has 1 aromatic rings. The van der Waals surface area contributed by atoms with Gasteiger partial charge in [0.1, 0.15) is 13.2 Å². The first kappa shape index (κ1) is 12.5. The summed E-state index contributed by atoms with van der Waals surface area (Å²) in [6, 6.07) is 3.68. The molecule has 0 spiro atoms. The summed E-state index contributed by atoms with van der Waals surface area (Å²) in [5.74, 6) is 1.39. The number of hydrogen-bond donors (Lipinski definition) is 1. The molecule has 1 aliphatic heterocycles. The monoisotopic (exact) mass is 298 g/mol. The topological polar surface area (TPSA) is 38.7 Å². The molecular formula is C13H15BrO3. The minimum Gasteiger partial charge on any atom is -0.486 e. The van der Waals surface area contributed by atoms with Gasteiger partial charge in [0, 0.05) is 0 Å². The molecule has 3 nitrogen and oxygen atoms in total. The van der Waals surface area contributed by atoms with Crippen LogP contribution in [0.25, 0.3) is 0 Å². The highest BCUT2D eigenvalue weighted by Gasteiger charge is 2.18. The first-order valence-corrected chi connectivity index (χ1v) is 6.29. The summed E-state index contributed by atoms with van der Waals surface area (Å²) in [6.45, 7) is 5.01. The van der Waals surface area contributed by atoms with Crippen molar-refractivity contribution in [1.29, 1.82) is 0 Å². The summed E-state index contributed by atoms with van der Waals surface area (Å²) in [5.41, 5.74) is 1.87. The summed E-state index contributed by atoms with van der Waals surface area (Å²) >= 11 is 3.43. The first-order chi connectivity index (χ1) is 8.08. The predicted molar refractivity (Wildman–Crippen MR) is 69.5 cm³/mol. The Hall–Kier alpha value is -1.00. The zero-order valence-electron chi connectivity index (χ0n) is 9.87. The van der Waals surface area contributed by atoms with Gasteiger partial charge in [0.25, 0.3) is 0 Å². The lowest BCUT2D eigenvalue weighted by molar-refractivity contribution is 0.168. The summed E-state index contributed by atoms with van der Waals surface area (Å²) < 4.78 is 11.8. The average molecular weight is 299 g/mol. The van der Waals surface area contributed by atoms with E-state index < -0.39 is 6.10 Å². The molecule has 0 amide bonds. The third kappa shape index (κ3) is 2.82. The van der Waals surface area contributed by atoms with E-state index in [9.17, 15) is 5.11 Å². The summed E-state index contributed by atoms with van der Waals surface area (Å²) in [4.78, 5) is 0. The number of aliphatic hydroxyl groups excluding tert-OH is 1. The number of allylic oxidation sites excluding steroid dienone is 1. The smallest absolute Gasteiger partial charge is 0.175 e. The zero-order valence-corrected chi connectivity index (χ0v) is 11.5. The van der Waals surface area contributed by atoms with Gasteiger partial charge < -0.3 is 14.6 Å². The number of halogens is 1. The van der Waals surface area contributed by atoms with Crippen molar-refractivity contribution in [3.63, 3.8) is 0 Å². The molecule has 0 saturated carbocycles. The van der Waals surface area contributed by atoms with E-state index in [-0.39, 0.29) is 0 Å². The lowest BCUT2D eigenvalue weighted by atomic mass is 10.1. The van der Waals surface area contributed by atoms with Crippen molar-refractivity contribution in [3.05, 3.63) is 33.8 Å². The quantitative estimate of drug-likeness (QED) is 0.852. The van der Waals surface area contributed by atoms with Gasteiger partial charge in [0.15, 0.2) is 11.5 Å². The van der Waals surface area contributed by atoms with Gasteiger partial charge in [-0.1, -0.05) is 11.6 Å². The Bertz CT molecular complexity index is 450. The number of aliphatic hydroxyl groups is 1. The lowest BCUT2D eigenvalue weighted by Gasteiger charge is -2.21. The molecule has 1 unspecified atom stereocenters. The molecule has 2 rings (SSSR count). The lowest BCUT2D eigenvalue weighted by Crippen LogP contribution is -2.16. The molecule has 1 N–H and O–H groups in total. The van der Waals surface area contributed by atoms with Crippen molar-refractivity contribution in [1.82, 2.24) is 0 Å². The Morgan fingerprint density at radius 1 is 1.35 bits per heavy atom. The van der Waals surface area contributed by atoms with Gasteiger partial charge in [0.05, 0.1) is 10.6 Å². The molecule has 0 aromatic heterocycles. The fraction of sp³-hybridized carbons (Fsp3) is 0.385. The number of rotatable bonds is 2. The highest BCUT2D eigenvalue weighted by molar-refractivity contribution is 9.10. The summed E-state index contributed by atoms with van der Waals surface area (Å²) in [7, 11) is 0. The van der Waals surface area contributed by atoms with Gasteiger partial charge in [0.2, 0.25) is 0 Å². The van der Waals surface area contributed by atoms with Crippen LogP contribution in [0.15, 0.2) is 28.3 Å². The minimum absolute atomic E-state index is 0.543. The molecule has 0 saturated heterocycles. The Kier molecular flexibility index (Phi) is 3.74. The molecule has 17 heavy (non-hydrogen) atoms. The van der Waals surface area contributed by atoms with Crippen LogP contribution < -0.4 is 9.47 Å². The van der Waals surface area contributed by atoms with E-state index in [1.165, 1.54) is 0 Å². The van der Waals surface area contributed by atoms with Crippen molar-refractivity contribution in [2.24, 2.45) is 0 Å². The average Bonchev–Trinajstić information content (AvgIpc) is 2.28. The van der Waals surface area contributed by atoms with Crippen LogP contribution in [0.4, 0.5) is 0 Å². The Morgan fingerprint density at radius 3 is 2.76 bits per heavy atom. The van der Waals surface area contributed by atoms with E-state index in [4.69, 9.17) is 9.47 Å². The highest BCUT2D eigenvalue weighted by atomic mass is 79.9. The summed E-state index contributed by atoms with van der Waals surface area (Å²) in [5, 5.41) is 10.0. The fourth-order valence-electron chi connectivity index (χ4n) is 1.71. The molecule has 92 valence electrons. The summed E-state index contributed by atoms with van der Waals surface area (Å²) in [6.07, 6.45) is 1.19. The number of ether oxygens (including phenoxy) is 2. The van der Waals surface area contributed by atoms with E-state index >= 15 is 0 Å². The van der Waals surface area contributed by atoms with Crippen LogP contribution in [-0.4, -0.2) is 18.3 Å². The van der Waals surface area contributed by atoms with Gasteiger partial charge in [-0.3, -0.25) is 0 Å². The molecule has 1 aliphatic rings. The molecule has 4 heteroatoms. The van der Waals surface area contributed by atoms with E-state index in [1.807, 2.05) is 26.0 Å². The normalized spacial score (nSPS) is 15.3. The number of hydrogen-bond acceptors (Lipinski definition) is 3. The van der Waals surface area contributed by atoms with Crippen molar-refractivity contribution in [2.75, 3.05) is 13.2 Å². The van der Waals surface area contributed by atoms with E-state index in [2.05, 4.69) is 15.9 Å². The third-order valence-electron chi connectivity index (χ3n) is 2.45. The van der Waals surface area contributed by atoms with Gasteiger partial charge in [-0.15, -0.1) is 0 Å². The van der Waals surface area contributed by atoms with Crippen LogP contribution in [0.5, 0.6) is 11.5 Å². The van der Waals surface area contributed by atoms with E-state index in [1.54, 1.807) is 6.08 Å². The molecular weight excluding hydrogens is 284 g/mol. The number of fused-ring (bicyclic) bond motifs is 1. The van der Waals surface area contributed by atoms with Crippen molar-refractivity contribution < 1.29 is 14.6 Å². The van der Waals surface area contributed by atoms with Crippen LogP contribution in [0.2, 0.25) is 0 Å². The Balaban J connectivity index is 2.37. The molecule has 1 aromatic carbocycles. The predicted octanol–water partition coefficient (Wildman–Crippen LogP) is 3.22. The second-order valence-electron chi connectivity index (χ2n) is 4.22. The van der Waals surface area contributed by atoms with Crippen molar-refractivity contribution >= 4 is 15.9 Å². The molecule has 0 radical (unpaired) electrons. The second kappa shape index (κ2) is 5.10. The van der Waals surface area contributed by atoms with Crippen LogP contribution >= 0.6 is 15.9 Å². The van der Waals surface area contributed by atoms with Gasteiger partial charge in [-0.05, 0) is 47.5 Å².